The van der Waals surface area contributed by atoms with E-state index in [4.69, 9.17) is 18.6 Å². The van der Waals surface area contributed by atoms with E-state index in [9.17, 15) is 4.79 Å². The molecular formula is C20H28ClN3O5. The predicted molar refractivity (Wildman–Crippen MR) is 95.1 cm³/mol. The van der Waals surface area contributed by atoms with Crippen molar-refractivity contribution in [2.75, 3.05) is 0 Å². The molecule has 8 nitrogen and oxygen atoms in total. The molecule has 29 heavy (non-hydrogen) atoms. The Morgan fingerprint density at radius 3 is 2.21 bits per heavy atom. The normalized spacial score (nSPS) is 31.3. The number of rotatable bonds is 2. The standard InChI is InChI=1S/C20H27N3O.ClHO4/c1-14(24)21-20-12-11-18(13-19(20)15-5-3-2-4-6-15)23-17-9-7-16(22-23)8-10-17;2-1(3,4)5/h2-6,16-17,19-20,22H,7-13H2,1H3;(H,2,3,4,5)/b23-18+;/t16?,17?,19-,20+;/m1./s1. The van der Waals surface area contributed by atoms with Gasteiger partial charge in [0.2, 0.25) is 5.91 Å². The van der Waals surface area contributed by atoms with E-state index < -0.39 is 10.2 Å². The van der Waals surface area contributed by atoms with Crippen molar-refractivity contribution >= 4 is 11.6 Å². The largest absolute Gasteiger partial charge is 0.353 e. The van der Waals surface area contributed by atoms with Crippen molar-refractivity contribution < 1.29 is 38.4 Å². The Balaban J connectivity index is 0.000000431. The molecule has 0 radical (unpaired) electrons. The fraction of sp³-hybridized carbons (Fsp3) is 0.600. The number of hydrogen-bond donors (Lipinski definition) is 2. The lowest BCUT2D eigenvalue weighted by molar-refractivity contribution is -2.00. The molecule has 1 aromatic rings. The van der Waals surface area contributed by atoms with Crippen molar-refractivity contribution in [3.8, 4) is 0 Å². The van der Waals surface area contributed by atoms with Crippen LogP contribution in [-0.2, 0) is 4.79 Å². The van der Waals surface area contributed by atoms with Gasteiger partial charge in [0.1, 0.15) is 0 Å². The van der Waals surface area contributed by atoms with Crippen LogP contribution >= 0.6 is 0 Å². The van der Waals surface area contributed by atoms with E-state index in [1.54, 1.807) is 12.6 Å². The Bertz CT molecular complexity index is 723. The van der Waals surface area contributed by atoms with E-state index in [2.05, 4.69) is 45.8 Å². The summed E-state index contributed by atoms with van der Waals surface area (Å²) in [6.45, 7) is 1.63. The fourth-order valence-corrected chi connectivity index (χ4v) is 4.84. The number of hydrazine groups is 1. The molecule has 0 spiro atoms. The summed E-state index contributed by atoms with van der Waals surface area (Å²) in [6.07, 6.45) is 8.47. The molecule has 2 N–H and O–H groups in total. The number of carbonyl (C=O) groups excluding carboxylic acids is 1. The third kappa shape index (κ3) is 6.38. The summed E-state index contributed by atoms with van der Waals surface area (Å²) < 4.78 is 36.5. The van der Waals surface area contributed by atoms with E-state index in [-0.39, 0.29) is 11.9 Å². The number of amides is 1. The summed E-state index contributed by atoms with van der Waals surface area (Å²) in [6, 6.07) is 12.3. The van der Waals surface area contributed by atoms with Gasteiger partial charge in [-0.2, -0.15) is 5.43 Å². The van der Waals surface area contributed by atoms with Crippen molar-refractivity contribution in [1.82, 2.24) is 10.7 Å². The first-order chi connectivity index (χ1) is 13.7. The van der Waals surface area contributed by atoms with Crippen LogP contribution in [0.3, 0.4) is 0 Å². The van der Waals surface area contributed by atoms with Crippen LogP contribution in [0.5, 0.6) is 0 Å². The lowest BCUT2D eigenvalue weighted by Gasteiger charge is -2.38. The van der Waals surface area contributed by atoms with Gasteiger partial charge in [-0.15, -0.1) is 14.9 Å². The summed E-state index contributed by atoms with van der Waals surface area (Å²) >= 11 is 0. The predicted octanol–water partition coefficient (Wildman–Crippen LogP) is -2.01. The summed E-state index contributed by atoms with van der Waals surface area (Å²) in [5.41, 5.74) is 6.64. The maximum absolute atomic E-state index is 11.6. The molecule has 0 unspecified atom stereocenters. The molecule has 2 aliphatic heterocycles. The number of benzene rings is 1. The number of carbonyl (C=O) groups is 1. The van der Waals surface area contributed by atoms with E-state index in [1.807, 2.05) is 0 Å². The molecule has 1 aromatic carbocycles. The summed E-state index contributed by atoms with van der Waals surface area (Å²) in [5.74, 6) is 0.459. The highest BCUT2D eigenvalue weighted by molar-refractivity contribution is 5.82. The minimum absolute atomic E-state index is 0.0829. The van der Waals surface area contributed by atoms with Crippen molar-refractivity contribution in [3.63, 3.8) is 0 Å². The Kier molecular flexibility index (Phi) is 7.13. The van der Waals surface area contributed by atoms with E-state index in [0.717, 1.165) is 19.3 Å². The van der Waals surface area contributed by atoms with E-state index >= 15 is 0 Å². The molecule has 2 saturated carbocycles. The number of hydrogen-bond acceptors (Lipinski definition) is 6. The first kappa shape index (κ1) is 22.0. The van der Waals surface area contributed by atoms with Crippen LogP contribution in [0.15, 0.2) is 30.3 Å². The number of fused-ring (bicyclic) bond motifs is 3. The smallest absolute Gasteiger partial charge is 0.217 e. The highest BCUT2D eigenvalue weighted by Gasteiger charge is 2.42. The first-order valence-corrected chi connectivity index (χ1v) is 11.3. The number of nitrogens with one attached hydrogen (secondary N) is 2. The van der Waals surface area contributed by atoms with Gasteiger partial charge in [-0.25, -0.2) is 18.6 Å². The van der Waals surface area contributed by atoms with Gasteiger partial charge in [0, 0.05) is 44.6 Å². The molecule has 2 saturated heterocycles. The fourth-order valence-electron chi connectivity index (χ4n) is 4.84. The van der Waals surface area contributed by atoms with Gasteiger partial charge in [0.25, 0.3) is 0 Å². The number of hydrazone groups is 1. The zero-order valence-corrected chi connectivity index (χ0v) is 17.3. The maximum atomic E-state index is 11.6. The molecule has 4 aliphatic rings. The minimum Gasteiger partial charge on any atom is -0.353 e. The van der Waals surface area contributed by atoms with Gasteiger partial charge in [-0.3, -0.25) is 4.79 Å². The van der Waals surface area contributed by atoms with Gasteiger partial charge in [0.05, 0.1) is 6.04 Å². The average Bonchev–Trinajstić information content (AvgIpc) is 2.68. The Labute approximate surface area is 173 Å². The van der Waals surface area contributed by atoms with Crippen LogP contribution in [0, 0.1) is 10.2 Å². The molecule has 2 aliphatic carbocycles. The highest BCUT2D eigenvalue weighted by atomic mass is 35.7. The topological polar surface area (TPSA) is 136 Å². The first-order valence-electron chi connectivity index (χ1n) is 10.0. The van der Waals surface area contributed by atoms with Crippen LogP contribution in [0.1, 0.15) is 63.4 Å². The lowest BCUT2D eigenvalue weighted by atomic mass is 9.78. The Hall–Kier alpha value is -1.71. The lowest BCUT2D eigenvalue weighted by Crippen LogP contribution is -2.68. The van der Waals surface area contributed by atoms with Gasteiger partial charge >= 0.3 is 0 Å². The highest BCUT2D eigenvalue weighted by Crippen LogP contribution is 2.34. The molecule has 160 valence electrons. The number of nitrogens with zero attached hydrogens (tertiary/aromatic N) is 1. The van der Waals surface area contributed by atoms with Crippen LogP contribution in [0.4, 0.5) is 0 Å². The molecule has 4 fully saturated rings. The second-order valence-electron chi connectivity index (χ2n) is 8.02. The Morgan fingerprint density at radius 2 is 1.69 bits per heavy atom. The zero-order chi connectivity index (χ0) is 21.0. The molecule has 2 heterocycles. The average molecular weight is 426 g/mol. The second-order valence-corrected chi connectivity index (χ2v) is 8.77. The maximum Gasteiger partial charge on any atom is 0.217 e. The molecule has 5 rings (SSSR count). The van der Waals surface area contributed by atoms with Crippen LogP contribution in [-0.4, -0.2) is 34.4 Å². The molecule has 2 atom stereocenters. The van der Waals surface area contributed by atoms with Gasteiger partial charge in [-0.1, -0.05) is 30.3 Å². The van der Waals surface area contributed by atoms with Gasteiger partial charge < -0.3 is 5.32 Å². The number of halogens is 1. The third-order valence-corrected chi connectivity index (χ3v) is 6.03. The minimum atomic E-state index is -4.94. The van der Waals surface area contributed by atoms with Crippen molar-refractivity contribution in [2.45, 2.75) is 75.9 Å². The SMILES string of the molecule is CC(=O)N[C@H]1CC/C(=[N+]2\NC3CCC2CC3)C[C@@H]1c1ccccc1.[O-][Cl+3]([O-])([O-])[O-]. The van der Waals surface area contributed by atoms with Crippen LogP contribution in [0.25, 0.3) is 0 Å². The third-order valence-electron chi connectivity index (χ3n) is 6.03. The monoisotopic (exact) mass is 425 g/mol. The van der Waals surface area contributed by atoms with Crippen LogP contribution in [0.2, 0.25) is 0 Å². The second kappa shape index (κ2) is 9.40. The quantitative estimate of drug-likeness (QED) is 0.525. The summed E-state index contributed by atoms with van der Waals surface area (Å²) in [7, 11) is -4.94. The van der Waals surface area contributed by atoms with Gasteiger partial charge in [-0.05, 0) is 24.8 Å². The molecule has 2 bridgehead atoms. The Morgan fingerprint density at radius 1 is 1.07 bits per heavy atom. The van der Waals surface area contributed by atoms with Crippen molar-refractivity contribution in [3.05, 3.63) is 35.9 Å². The van der Waals surface area contributed by atoms with Crippen molar-refractivity contribution in [1.29, 1.82) is 0 Å². The molecule has 1 amide bonds. The van der Waals surface area contributed by atoms with E-state index in [0.29, 0.717) is 18.0 Å². The van der Waals surface area contributed by atoms with Crippen LogP contribution < -0.4 is 29.4 Å². The molecular weight excluding hydrogens is 398 g/mol. The molecule has 9 heteroatoms. The summed E-state index contributed by atoms with van der Waals surface area (Å²) in [5, 5.41) is 3.20. The zero-order valence-electron chi connectivity index (χ0n) is 16.5. The summed E-state index contributed by atoms with van der Waals surface area (Å²) in [4.78, 5) is 11.6. The van der Waals surface area contributed by atoms with Gasteiger partial charge in [0.15, 0.2) is 11.8 Å². The molecule has 0 aromatic heterocycles. The van der Waals surface area contributed by atoms with E-state index in [1.165, 1.54) is 31.2 Å². The van der Waals surface area contributed by atoms with Crippen molar-refractivity contribution in [2.24, 2.45) is 0 Å².